The minimum atomic E-state index is -3.67. The number of aryl methyl sites for hydroxylation is 1. The van der Waals surface area contributed by atoms with Gasteiger partial charge in [-0.05, 0) is 6.92 Å². The SMILES string of the molecule is COC(C)c1nccn1C.CS(=O)(=O)O. The molecule has 7 heteroatoms. The van der Waals surface area contributed by atoms with Gasteiger partial charge in [0.15, 0.2) is 0 Å². The molecule has 1 rings (SSSR count). The molecule has 0 saturated heterocycles. The van der Waals surface area contributed by atoms with Gasteiger partial charge in [-0.3, -0.25) is 4.55 Å². The van der Waals surface area contributed by atoms with Gasteiger partial charge in [0.1, 0.15) is 11.9 Å². The van der Waals surface area contributed by atoms with E-state index in [-0.39, 0.29) is 6.10 Å². The maximum absolute atomic E-state index is 9.19. The number of ether oxygens (including phenoxy) is 1. The zero-order valence-electron chi connectivity index (χ0n) is 9.21. The molecule has 0 aliphatic carbocycles. The average molecular weight is 236 g/mol. The number of hydrogen-bond donors (Lipinski definition) is 1. The molecule has 0 radical (unpaired) electrons. The van der Waals surface area contributed by atoms with Crippen LogP contribution in [0.4, 0.5) is 0 Å². The molecular formula is C8H16N2O4S. The molecule has 15 heavy (non-hydrogen) atoms. The Labute approximate surface area is 89.6 Å². The van der Waals surface area contributed by atoms with E-state index in [1.807, 2.05) is 24.7 Å². The fourth-order valence-electron chi connectivity index (χ4n) is 0.874. The second-order valence-electron chi connectivity index (χ2n) is 3.01. The van der Waals surface area contributed by atoms with Crippen molar-refractivity contribution in [1.29, 1.82) is 0 Å². The van der Waals surface area contributed by atoms with Crippen LogP contribution < -0.4 is 0 Å². The van der Waals surface area contributed by atoms with Crippen molar-refractivity contribution in [3.05, 3.63) is 18.2 Å². The number of hydrogen-bond acceptors (Lipinski definition) is 4. The molecule has 88 valence electrons. The van der Waals surface area contributed by atoms with Crippen LogP contribution in [0.1, 0.15) is 18.9 Å². The third-order valence-corrected chi connectivity index (χ3v) is 1.58. The Morgan fingerprint density at radius 3 is 2.33 bits per heavy atom. The maximum atomic E-state index is 9.19. The lowest BCUT2D eigenvalue weighted by atomic mass is 10.4. The van der Waals surface area contributed by atoms with Crippen molar-refractivity contribution in [2.45, 2.75) is 13.0 Å². The van der Waals surface area contributed by atoms with Crippen molar-refractivity contribution in [3.8, 4) is 0 Å². The minimum absolute atomic E-state index is 0.0833. The van der Waals surface area contributed by atoms with Crippen LogP contribution >= 0.6 is 0 Å². The first-order valence-corrected chi connectivity index (χ1v) is 6.03. The van der Waals surface area contributed by atoms with Crippen molar-refractivity contribution in [1.82, 2.24) is 9.55 Å². The Hall–Kier alpha value is -0.920. The number of methoxy groups -OCH3 is 1. The normalized spacial score (nSPS) is 12.9. The number of aromatic nitrogens is 2. The highest BCUT2D eigenvalue weighted by Gasteiger charge is 2.06. The number of nitrogens with zero attached hydrogens (tertiary/aromatic N) is 2. The molecule has 0 spiro atoms. The molecule has 1 heterocycles. The molecule has 1 atom stereocenters. The Morgan fingerprint density at radius 2 is 2.07 bits per heavy atom. The molecule has 6 nitrogen and oxygen atoms in total. The first-order valence-electron chi connectivity index (χ1n) is 4.18. The molecule has 1 unspecified atom stereocenters. The summed E-state index contributed by atoms with van der Waals surface area (Å²) in [4.78, 5) is 4.12. The molecule has 0 bridgehead atoms. The van der Waals surface area contributed by atoms with E-state index in [2.05, 4.69) is 4.98 Å². The summed E-state index contributed by atoms with van der Waals surface area (Å²) >= 11 is 0. The average Bonchev–Trinajstić information content (AvgIpc) is 2.47. The summed E-state index contributed by atoms with van der Waals surface area (Å²) in [6.07, 6.45) is 4.47. The van der Waals surface area contributed by atoms with E-state index in [0.717, 1.165) is 5.82 Å². The lowest BCUT2D eigenvalue weighted by molar-refractivity contribution is 0.109. The van der Waals surface area contributed by atoms with Gasteiger partial charge < -0.3 is 9.30 Å². The molecule has 0 amide bonds. The van der Waals surface area contributed by atoms with Crippen molar-refractivity contribution in [2.75, 3.05) is 13.4 Å². The predicted molar refractivity (Wildman–Crippen MR) is 56.1 cm³/mol. The van der Waals surface area contributed by atoms with Crippen LogP contribution in [-0.4, -0.2) is 35.9 Å². The monoisotopic (exact) mass is 236 g/mol. The highest BCUT2D eigenvalue weighted by molar-refractivity contribution is 7.85. The summed E-state index contributed by atoms with van der Waals surface area (Å²) in [6.45, 7) is 1.97. The smallest absolute Gasteiger partial charge is 0.261 e. The lowest BCUT2D eigenvalue weighted by Crippen LogP contribution is -2.03. The van der Waals surface area contributed by atoms with Gasteiger partial charge >= 0.3 is 0 Å². The van der Waals surface area contributed by atoms with Gasteiger partial charge in [0.2, 0.25) is 0 Å². The van der Waals surface area contributed by atoms with Gasteiger partial charge in [-0.1, -0.05) is 0 Å². The van der Waals surface area contributed by atoms with Gasteiger partial charge in [-0.15, -0.1) is 0 Å². The summed E-state index contributed by atoms with van der Waals surface area (Å²) in [7, 11) is -0.0306. The Morgan fingerprint density at radius 1 is 1.60 bits per heavy atom. The van der Waals surface area contributed by atoms with Crippen LogP contribution in [0.3, 0.4) is 0 Å². The van der Waals surface area contributed by atoms with Crippen LogP contribution in [0.2, 0.25) is 0 Å². The van der Waals surface area contributed by atoms with Gasteiger partial charge in [0, 0.05) is 26.6 Å². The third-order valence-electron chi connectivity index (χ3n) is 1.58. The zero-order chi connectivity index (χ0) is 12.1. The second kappa shape index (κ2) is 5.84. The highest BCUT2D eigenvalue weighted by Crippen LogP contribution is 2.10. The molecule has 0 saturated carbocycles. The highest BCUT2D eigenvalue weighted by atomic mass is 32.2. The molecule has 1 aromatic heterocycles. The molecule has 0 aliphatic rings. The zero-order valence-corrected chi connectivity index (χ0v) is 10.0. The molecule has 1 N–H and O–H groups in total. The van der Waals surface area contributed by atoms with Crippen LogP contribution in [-0.2, 0) is 21.9 Å². The van der Waals surface area contributed by atoms with E-state index < -0.39 is 10.1 Å². The molecule has 0 fully saturated rings. The fraction of sp³-hybridized carbons (Fsp3) is 0.625. The van der Waals surface area contributed by atoms with Gasteiger partial charge in [-0.25, -0.2) is 4.98 Å². The largest absolute Gasteiger partial charge is 0.374 e. The van der Waals surface area contributed by atoms with E-state index in [1.165, 1.54) is 0 Å². The summed E-state index contributed by atoms with van der Waals surface area (Å²) < 4.78 is 32.9. The van der Waals surface area contributed by atoms with Crippen LogP contribution in [0.25, 0.3) is 0 Å². The van der Waals surface area contributed by atoms with Gasteiger partial charge in [-0.2, -0.15) is 8.42 Å². The van der Waals surface area contributed by atoms with Crippen LogP contribution in [0, 0.1) is 0 Å². The van der Waals surface area contributed by atoms with Crippen molar-refractivity contribution < 1.29 is 17.7 Å². The third kappa shape index (κ3) is 7.06. The standard InChI is InChI=1S/C7H12N2O.CH4O3S/c1-6(10-3)7-8-4-5-9(7)2;1-5(2,3)4/h4-6H,1-3H3;1H3,(H,2,3,4). The quantitative estimate of drug-likeness (QED) is 0.762. The Balaban J connectivity index is 0.000000336. The van der Waals surface area contributed by atoms with E-state index in [4.69, 9.17) is 9.29 Å². The van der Waals surface area contributed by atoms with E-state index in [1.54, 1.807) is 13.3 Å². The molecule has 1 aromatic rings. The van der Waals surface area contributed by atoms with E-state index in [0.29, 0.717) is 6.26 Å². The minimum Gasteiger partial charge on any atom is -0.374 e. The summed E-state index contributed by atoms with van der Waals surface area (Å²) in [6, 6.07) is 0. The Kier molecular flexibility index (Phi) is 5.48. The predicted octanol–water partition coefficient (Wildman–Crippen LogP) is 0.632. The molecule has 0 aliphatic heterocycles. The van der Waals surface area contributed by atoms with E-state index >= 15 is 0 Å². The maximum Gasteiger partial charge on any atom is 0.261 e. The first-order chi connectivity index (χ1) is 6.75. The van der Waals surface area contributed by atoms with Gasteiger partial charge in [0.05, 0.1) is 6.26 Å². The number of imidazole rings is 1. The summed E-state index contributed by atoms with van der Waals surface area (Å²) in [5.41, 5.74) is 0. The van der Waals surface area contributed by atoms with Crippen molar-refractivity contribution in [2.24, 2.45) is 7.05 Å². The van der Waals surface area contributed by atoms with Gasteiger partial charge in [0.25, 0.3) is 10.1 Å². The molecule has 0 aromatic carbocycles. The summed E-state index contributed by atoms with van der Waals surface area (Å²) in [5.74, 6) is 0.961. The first kappa shape index (κ1) is 14.1. The van der Waals surface area contributed by atoms with Crippen molar-refractivity contribution >= 4 is 10.1 Å². The topological polar surface area (TPSA) is 81.4 Å². The van der Waals surface area contributed by atoms with Crippen molar-refractivity contribution in [3.63, 3.8) is 0 Å². The number of rotatable bonds is 2. The van der Waals surface area contributed by atoms with E-state index in [9.17, 15) is 8.42 Å². The Bertz CT molecular complexity index is 377. The lowest BCUT2D eigenvalue weighted by Gasteiger charge is -2.07. The second-order valence-corrected chi connectivity index (χ2v) is 4.47. The fourth-order valence-corrected chi connectivity index (χ4v) is 0.874. The van der Waals surface area contributed by atoms with Crippen LogP contribution in [0.5, 0.6) is 0 Å². The molecular weight excluding hydrogens is 220 g/mol. The summed E-state index contributed by atoms with van der Waals surface area (Å²) in [5, 5.41) is 0. The van der Waals surface area contributed by atoms with Crippen LogP contribution in [0.15, 0.2) is 12.4 Å².